The SMILES string of the molecule is CC(N)CN1CC2CCC(C2)C1. The van der Waals surface area contributed by atoms with Crippen molar-refractivity contribution < 1.29 is 0 Å². The Balaban J connectivity index is 1.85. The Hall–Kier alpha value is -0.0800. The van der Waals surface area contributed by atoms with Crippen molar-refractivity contribution in [3.05, 3.63) is 0 Å². The molecule has 2 heteroatoms. The molecule has 0 aromatic carbocycles. The van der Waals surface area contributed by atoms with E-state index in [1.54, 1.807) is 0 Å². The fourth-order valence-corrected chi connectivity index (χ4v) is 2.87. The maximum atomic E-state index is 5.79. The molecule has 70 valence electrons. The zero-order chi connectivity index (χ0) is 8.55. The minimum atomic E-state index is 0.350. The second kappa shape index (κ2) is 3.35. The van der Waals surface area contributed by atoms with Gasteiger partial charge in [0.2, 0.25) is 0 Å². The van der Waals surface area contributed by atoms with Gasteiger partial charge in [-0.15, -0.1) is 0 Å². The molecular formula is C10H20N2. The van der Waals surface area contributed by atoms with Crippen molar-refractivity contribution in [3.63, 3.8) is 0 Å². The quantitative estimate of drug-likeness (QED) is 0.668. The summed E-state index contributed by atoms with van der Waals surface area (Å²) in [7, 11) is 0. The molecule has 2 aliphatic rings. The van der Waals surface area contributed by atoms with Gasteiger partial charge in [-0.05, 0) is 38.0 Å². The largest absolute Gasteiger partial charge is 0.327 e. The molecule has 2 bridgehead atoms. The van der Waals surface area contributed by atoms with Crippen molar-refractivity contribution in [3.8, 4) is 0 Å². The van der Waals surface area contributed by atoms with Gasteiger partial charge in [0, 0.05) is 25.7 Å². The van der Waals surface area contributed by atoms with Gasteiger partial charge in [-0.1, -0.05) is 0 Å². The predicted molar refractivity (Wildman–Crippen MR) is 50.9 cm³/mol. The van der Waals surface area contributed by atoms with Gasteiger partial charge >= 0.3 is 0 Å². The smallest absolute Gasteiger partial charge is 0.0139 e. The van der Waals surface area contributed by atoms with Crippen LogP contribution in [0.25, 0.3) is 0 Å². The molecule has 1 aliphatic heterocycles. The summed E-state index contributed by atoms with van der Waals surface area (Å²) in [6.45, 7) is 5.85. The molecule has 2 nitrogen and oxygen atoms in total. The molecule has 1 heterocycles. The molecule has 0 spiro atoms. The van der Waals surface area contributed by atoms with Crippen molar-refractivity contribution in [1.82, 2.24) is 4.90 Å². The number of fused-ring (bicyclic) bond motifs is 2. The van der Waals surface area contributed by atoms with E-state index in [1.807, 2.05) is 0 Å². The van der Waals surface area contributed by atoms with E-state index in [-0.39, 0.29) is 0 Å². The number of hydrogen-bond acceptors (Lipinski definition) is 2. The highest BCUT2D eigenvalue weighted by atomic mass is 15.1. The van der Waals surface area contributed by atoms with Crippen LogP contribution in [-0.4, -0.2) is 30.6 Å². The molecule has 2 fully saturated rings. The third kappa shape index (κ3) is 1.80. The van der Waals surface area contributed by atoms with E-state index in [0.717, 1.165) is 18.4 Å². The van der Waals surface area contributed by atoms with Crippen LogP contribution >= 0.6 is 0 Å². The van der Waals surface area contributed by atoms with Crippen LogP contribution in [0.3, 0.4) is 0 Å². The number of nitrogens with zero attached hydrogens (tertiary/aromatic N) is 1. The zero-order valence-electron chi connectivity index (χ0n) is 8.00. The van der Waals surface area contributed by atoms with Crippen LogP contribution in [0.4, 0.5) is 0 Å². The van der Waals surface area contributed by atoms with Gasteiger partial charge in [0.15, 0.2) is 0 Å². The third-order valence-electron chi connectivity index (χ3n) is 3.23. The summed E-state index contributed by atoms with van der Waals surface area (Å²) in [4.78, 5) is 2.57. The van der Waals surface area contributed by atoms with E-state index < -0.39 is 0 Å². The molecule has 0 amide bonds. The van der Waals surface area contributed by atoms with Crippen molar-refractivity contribution >= 4 is 0 Å². The maximum absolute atomic E-state index is 5.79. The molecule has 2 rings (SSSR count). The number of rotatable bonds is 2. The molecule has 1 aliphatic carbocycles. The Morgan fingerprint density at radius 3 is 2.42 bits per heavy atom. The average molecular weight is 168 g/mol. The van der Waals surface area contributed by atoms with Crippen LogP contribution in [0.15, 0.2) is 0 Å². The van der Waals surface area contributed by atoms with E-state index in [9.17, 15) is 0 Å². The fraction of sp³-hybridized carbons (Fsp3) is 1.00. The Bertz CT molecular complexity index is 144. The van der Waals surface area contributed by atoms with Crippen LogP contribution in [0.1, 0.15) is 26.2 Å². The fourth-order valence-electron chi connectivity index (χ4n) is 2.87. The van der Waals surface area contributed by atoms with Gasteiger partial charge in [0.1, 0.15) is 0 Å². The minimum Gasteiger partial charge on any atom is -0.327 e. The first-order valence-electron chi connectivity index (χ1n) is 5.22. The molecular weight excluding hydrogens is 148 g/mol. The van der Waals surface area contributed by atoms with E-state index in [1.165, 1.54) is 32.4 Å². The van der Waals surface area contributed by atoms with E-state index >= 15 is 0 Å². The van der Waals surface area contributed by atoms with Gasteiger partial charge in [-0.3, -0.25) is 0 Å². The summed E-state index contributed by atoms with van der Waals surface area (Å²) >= 11 is 0. The first-order valence-corrected chi connectivity index (χ1v) is 5.22. The maximum Gasteiger partial charge on any atom is 0.0139 e. The molecule has 3 unspecified atom stereocenters. The molecule has 0 aromatic rings. The lowest BCUT2D eigenvalue weighted by atomic mass is 9.98. The highest BCUT2D eigenvalue weighted by Crippen LogP contribution is 2.36. The Morgan fingerprint density at radius 2 is 1.92 bits per heavy atom. The standard InChI is InChI=1S/C10H20N2/c1-8(11)5-12-6-9-2-3-10(4-9)7-12/h8-10H,2-7,11H2,1H3. The van der Waals surface area contributed by atoms with Gasteiger partial charge in [-0.2, -0.15) is 0 Å². The monoisotopic (exact) mass is 168 g/mol. The normalized spacial score (nSPS) is 38.5. The van der Waals surface area contributed by atoms with E-state index in [2.05, 4.69) is 11.8 Å². The van der Waals surface area contributed by atoms with Crippen molar-refractivity contribution in [1.29, 1.82) is 0 Å². The first-order chi connectivity index (χ1) is 5.74. The number of likely N-dealkylation sites (tertiary alicyclic amines) is 1. The van der Waals surface area contributed by atoms with E-state index in [4.69, 9.17) is 5.73 Å². The number of hydrogen-bond donors (Lipinski definition) is 1. The summed E-state index contributed by atoms with van der Waals surface area (Å²) in [5, 5.41) is 0. The van der Waals surface area contributed by atoms with Crippen LogP contribution in [0.2, 0.25) is 0 Å². The van der Waals surface area contributed by atoms with Gasteiger partial charge in [-0.25, -0.2) is 0 Å². The van der Waals surface area contributed by atoms with Crippen molar-refractivity contribution in [2.24, 2.45) is 17.6 Å². The lowest BCUT2D eigenvalue weighted by Gasteiger charge is -2.32. The molecule has 3 atom stereocenters. The van der Waals surface area contributed by atoms with Gasteiger partial charge < -0.3 is 10.6 Å². The summed E-state index contributed by atoms with van der Waals surface area (Å²) in [6.07, 6.45) is 4.44. The van der Waals surface area contributed by atoms with Crippen LogP contribution in [0.5, 0.6) is 0 Å². The third-order valence-corrected chi connectivity index (χ3v) is 3.23. The summed E-state index contributed by atoms with van der Waals surface area (Å²) in [5.74, 6) is 2.00. The van der Waals surface area contributed by atoms with Crippen molar-refractivity contribution in [2.75, 3.05) is 19.6 Å². The van der Waals surface area contributed by atoms with Crippen LogP contribution in [-0.2, 0) is 0 Å². The average Bonchev–Trinajstić information content (AvgIpc) is 2.29. The highest BCUT2D eigenvalue weighted by molar-refractivity contribution is 4.86. The minimum absolute atomic E-state index is 0.350. The zero-order valence-corrected chi connectivity index (χ0v) is 8.00. The molecule has 1 saturated heterocycles. The topological polar surface area (TPSA) is 29.3 Å². The predicted octanol–water partition coefficient (Wildman–Crippen LogP) is 1.07. The number of nitrogens with two attached hydrogens (primary N) is 1. The molecule has 1 saturated carbocycles. The Labute approximate surface area is 75.1 Å². The van der Waals surface area contributed by atoms with E-state index in [0.29, 0.717) is 6.04 Å². The molecule has 12 heavy (non-hydrogen) atoms. The summed E-state index contributed by atoms with van der Waals surface area (Å²) in [6, 6.07) is 0.350. The van der Waals surface area contributed by atoms with Crippen LogP contribution < -0.4 is 5.73 Å². The second-order valence-electron chi connectivity index (χ2n) is 4.74. The van der Waals surface area contributed by atoms with Crippen molar-refractivity contribution in [2.45, 2.75) is 32.2 Å². The van der Waals surface area contributed by atoms with Gasteiger partial charge in [0.05, 0.1) is 0 Å². The lowest BCUT2D eigenvalue weighted by Crippen LogP contribution is -2.42. The molecule has 2 N–H and O–H groups in total. The molecule has 0 radical (unpaired) electrons. The van der Waals surface area contributed by atoms with Gasteiger partial charge in [0.25, 0.3) is 0 Å². The lowest BCUT2D eigenvalue weighted by molar-refractivity contribution is 0.162. The Morgan fingerprint density at radius 1 is 1.33 bits per heavy atom. The summed E-state index contributed by atoms with van der Waals surface area (Å²) in [5.41, 5.74) is 5.79. The highest BCUT2D eigenvalue weighted by Gasteiger charge is 2.32. The Kier molecular flexibility index (Phi) is 2.37. The summed E-state index contributed by atoms with van der Waals surface area (Å²) < 4.78 is 0. The number of piperidine rings is 1. The second-order valence-corrected chi connectivity index (χ2v) is 4.74. The van der Waals surface area contributed by atoms with Crippen LogP contribution in [0, 0.1) is 11.8 Å². The first kappa shape index (κ1) is 8.52. The molecule has 0 aromatic heterocycles.